The van der Waals surface area contributed by atoms with Crippen molar-refractivity contribution >= 4 is 39.1 Å². The monoisotopic (exact) mass is 319 g/mol. The Morgan fingerprint density at radius 3 is 2.95 bits per heavy atom. The Bertz CT molecular complexity index is 788. The zero-order valence-electron chi connectivity index (χ0n) is 11.7. The molecule has 0 fully saturated rings. The molecule has 21 heavy (non-hydrogen) atoms. The van der Waals surface area contributed by atoms with Gasteiger partial charge in [-0.05, 0) is 43.0 Å². The van der Waals surface area contributed by atoms with E-state index in [-0.39, 0.29) is 0 Å². The predicted molar refractivity (Wildman–Crippen MR) is 87.8 cm³/mol. The molecular formula is C15H14ClN3OS. The molecule has 0 saturated carbocycles. The topological polar surface area (TPSA) is 47.0 Å². The van der Waals surface area contributed by atoms with Crippen LogP contribution >= 0.6 is 22.9 Å². The third kappa shape index (κ3) is 2.94. The smallest absolute Gasteiger partial charge is 0.232 e. The number of rotatable bonds is 4. The SMILES string of the molecule is CCNc1nc(Oc2cc(C)ccc2Cl)c2ccsc2n1. The van der Waals surface area contributed by atoms with Crippen LogP contribution in [0.15, 0.2) is 29.6 Å². The largest absolute Gasteiger partial charge is 0.437 e. The quantitative estimate of drug-likeness (QED) is 0.744. The average molecular weight is 320 g/mol. The van der Waals surface area contributed by atoms with Crippen LogP contribution in [0.25, 0.3) is 10.2 Å². The number of thiophene rings is 1. The second kappa shape index (κ2) is 5.87. The van der Waals surface area contributed by atoms with E-state index in [0.717, 1.165) is 22.3 Å². The maximum atomic E-state index is 6.19. The van der Waals surface area contributed by atoms with E-state index < -0.39 is 0 Å². The van der Waals surface area contributed by atoms with Gasteiger partial charge >= 0.3 is 0 Å². The van der Waals surface area contributed by atoms with Crippen molar-refractivity contribution in [1.29, 1.82) is 0 Å². The van der Waals surface area contributed by atoms with Crippen molar-refractivity contribution in [2.75, 3.05) is 11.9 Å². The molecule has 2 heterocycles. The summed E-state index contributed by atoms with van der Waals surface area (Å²) in [6, 6.07) is 7.62. The molecular weight excluding hydrogens is 306 g/mol. The lowest BCUT2D eigenvalue weighted by Crippen LogP contribution is -2.03. The lowest BCUT2D eigenvalue weighted by atomic mass is 10.2. The number of hydrogen-bond donors (Lipinski definition) is 1. The minimum absolute atomic E-state index is 0.518. The normalized spacial score (nSPS) is 10.8. The second-order valence-electron chi connectivity index (χ2n) is 4.56. The van der Waals surface area contributed by atoms with Crippen molar-refractivity contribution in [1.82, 2.24) is 9.97 Å². The number of hydrogen-bond acceptors (Lipinski definition) is 5. The van der Waals surface area contributed by atoms with Gasteiger partial charge in [-0.15, -0.1) is 11.3 Å². The van der Waals surface area contributed by atoms with Crippen LogP contribution < -0.4 is 10.1 Å². The molecule has 108 valence electrons. The van der Waals surface area contributed by atoms with Gasteiger partial charge in [-0.1, -0.05) is 17.7 Å². The molecule has 2 aromatic heterocycles. The highest BCUT2D eigenvalue weighted by Crippen LogP contribution is 2.34. The molecule has 4 nitrogen and oxygen atoms in total. The molecule has 0 amide bonds. The van der Waals surface area contributed by atoms with Gasteiger partial charge in [-0.25, -0.2) is 4.98 Å². The second-order valence-corrected chi connectivity index (χ2v) is 5.86. The van der Waals surface area contributed by atoms with Gasteiger partial charge in [0.2, 0.25) is 11.8 Å². The predicted octanol–water partition coefficient (Wildman–Crippen LogP) is 4.88. The molecule has 3 rings (SSSR count). The molecule has 3 aromatic rings. The first-order valence-electron chi connectivity index (χ1n) is 6.60. The van der Waals surface area contributed by atoms with E-state index in [0.29, 0.717) is 22.6 Å². The number of nitrogens with zero attached hydrogens (tertiary/aromatic N) is 2. The van der Waals surface area contributed by atoms with Gasteiger partial charge in [0.15, 0.2) is 0 Å². The fourth-order valence-corrected chi connectivity index (χ4v) is 2.85. The number of anilines is 1. The lowest BCUT2D eigenvalue weighted by Gasteiger charge is -2.10. The molecule has 0 unspecified atom stereocenters. The maximum Gasteiger partial charge on any atom is 0.232 e. The van der Waals surface area contributed by atoms with E-state index in [1.54, 1.807) is 11.3 Å². The molecule has 0 spiro atoms. The zero-order chi connectivity index (χ0) is 14.8. The Kier molecular flexibility index (Phi) is 3.94. The van der Waals surface area contributed by atoms with E-state index in [1.807, 2.05) is 43.5 Å². The van der Waals surface area contributed by atoms with Gasteiger partial charge in [0.1, 0.15) is 10.6 Å². The van der Waals surface area contributed by atoms with Crippen LogP contribution in [0.2, 0.25) is 5.02 Å². The molecule has 0 saturated heterocycles. The first kappa shape index (κ1) is 14.1. The Morgan fingerprint density at radius 2 is 2.14 bits per heavy atom. The summed E-state index contributed by atoms with van der Waals surface area (Å²) in [6.07, 6.45) is 0. The number of halogens is 1. The number of nitrogens with one attached hydrogen (secondary N) is 1. The van der Waals surface area contributed by atoms with Crippen LogP contribution in [0.3, 0.4) is 0 Å². The van der Waals surface area contributed by atoms with Gasteiger partial charge in [0.05, 0.1) is 10.4 Å². The van der Waals surface area contributed by atoms with Crippen molar-refractivity contribution in [3.8, 4) is 11.6 Å². The van der Waals surface area contributed by atoms with Crippen molar-refractivity contribution in [3.63, 3.8) is 0 Å². The summed E-state index contributed by atoms with van der Waals surface area (Å²) in [5.41, 5.74) is 1.08. The van der Waals surface area contributed by atoms with Crippen LogP contribution in [-0.2, 0) is 0 Å². The fourth-order valence-electron chi connectivity index (χ4n) is 1.94. The Labute approximate surface area is 131 Å². The van der Waals surface area contributed by atoms with E-state index >= 15 is 0 Å². The van der Waals surface area contributed by atoms with E-state index in [1.165, 1.54) is 0 Å². The Balaban J connectivity index is 2.06. The Hall–Kier alpha value is -1.85. The van der Waals surface area contributed by atoms with E-state index in [9.17, 15) is 0 Å². The number of aromatic nitrogens is 2. The summed E-state index contributed by atoms with van der Waals surface area (Å²) >= 11 is 7.75. The molecule has 0 radical (unpaired) electrons. The molecule has 0 bridgehead atoms. The molecule has 0 aliphatic rings. The maximum absolute atomic E-state index is 6.19. The molecule has 0 atom stereocenters. The van der Waals surface area contributed by atoms with E-state index in [4.69, 9.17) is 16.3 Å². The van der Waals surface area contributed by atoms with E-state index in [2.05, 4.69) is 15.3 Å². The summed E-state index contributed by atoms with van der Waals surface area (Å²) in [4.78, 5) is 9.77. The fraction of sp³-hybridized carbons (Fsp3) is 0.200. The van der Waals surface area contributed by atoms with Gasteiger partial charge in [0.25, 0.3) is 0 Å². The van der Waals surface area contributed by atoms with Gasteiger partial charge in [0, 0.05) is 6.54 Å². The van der Waals surface area contributed by atoms with Crippen LogP contribution in [0, 0.1) is 6.92 Å². The zero-order valence-corrected chi connectivity index (χ0v) is 13.3. The lowest BCUT2D eigenvalue weighted by molar-refractivity contribution is 0.469. The first-order chi connectivity index (χ1) is 10.2. The summed E-state index contributed by atoms with van der Waals surface area (Å²) < 4.78 is 5.93. The highest BCUT2D eigenvalue weighted by Gasteiger charge is 2.12. The molecule has 0 aliphatic heterocycles. The van der Waals surface area contributed by atoms with Crippen molar-refractivity contribution in [2.45, 2.75) is 13.8 Å². The average Bonchev–Trinajstić information content (AvgIpc) is 2.92. The van der Waals surface area contributed by atoms with Gasteiger partial charge < -0.3 is 10.1 Å². The number of benzene rings is 1. The number of ether oxygens (including phenoxy) is 1. The van der Waals surface area contributed by atoms with Crippen LogP contribution in [0.4, 0.5) is 5.95 Å². The summed E-state index contributed by atoms with van der Waals surface area (Å²) in [6.45, 7) is 4.74. The van der Waals surface area contributed by atoms with Crippen molar-refractivity contribution < 1.29 is 4.74 Å². The van der Waals surface area contributed by atoms with Gasteiger partial charge in [-0.2, -0.15) is 4.98 Å². The number of fused-ring (bicyclic) bond motifs is 1. The van der Waals surface area contributed by atoms with Crippen LogP contribution in [-0.4, -0.2) is 16.5 Å². The summed E-state index contributed by atoms with van der Waals surface area (Å²) in [7, 11) is 0. The highest BCUT2D eigenvalue weighted by molar-refractivity contribution is 7.16. The van der Waals surface area contributed by atoms with Crippen LogP contribution in [0.1, 0.15) is 12.5 Å². The van der Waals surface area contributed by atoms with Gasteiger partial charge in [-0.3, -0.25) is 0 Å². The summed E-state index contributed by atoms with van der Waals surface area (Å²) in [5, 5.41) is 6.54. The third-order valence-corrected chi connectivity index (χ3v) is 4.04. The number of aryl methyl sites for hydroxylation is 1. The first-order valence-corrected chi connectivity index (χ1v) is 7.86. The minimum atomic E-state index is 0.518. The van der Waals surface area contributed by atoms with Crippen molar-refractivity contribution in [3.05, 3.63) is 40.2 Å². The Morgan fingerprint density at radius 1 is 1.29 bits per heavy atom. The molecule has 0 aliphatic carbocycles. The van der Waals surface area contributed by atoms with Crippen molar-refractivity contribution in [2.24, 2.45) is 0 Å². The summed E-state index contributed by atoms with van der Waals surface area (Å²) in [5.74, 6) is 1.68. The molecule has 1 aromatic carbocycles. The minimum Gasteiger partial charge on any atom is -0.437 e. The molecule has 6 heteroatoms. The highest BCUT2D eigenvalue weighted by atomic mass is 35.5. The molecule has 1 N–H and O–H groups in total. The third-order valence-electron chi connectivity index (χ3n) is 2.92. The standard InChI is InChI=1S/C15H14ClN3OS/c1-3-17-15-18-13(10-6-7-21-14(10)19-15)20-12-8-9(2)4-5-11(12)16/h4-8H,3H2,1-2H3,(H,17,18,19). The van der Waals surface area contributed by atoms with Crippen LogP contribution in [0.5, 0.6) is 11.6 Å².